The van der Waals surface area contributed by atoms with Crippen molar-refractivity contribution in [1.29, 1.82) is 0 Å². The van der Waals surface area contributed by atoms with E-state index in [2.05, 4.69) is 12.6 Å². The van der Waals surface area contributed by atoms with E-state index in [-0.39, 0.29) is 12.1 Å². The smallest absolute Gasteiger partial charge is 0.133 e. The molecule has 2 unspecified atom stereocenters. The van der Waals surface area contributed by atoms with E-state index in [1.54, 1.807) is 0 Å². The first-order chi connectivity index (χ1) is 7.81. The number of allylic oxidation sites excluding steroid dienone is 1. The summed E-state index contributed by atoms with van der Waals surface area (Å²) in [5.74, 6) is 1.91. The standard InChI is InChI=1S/C13H17NOS/c1-2-3-6-10(14)12-9-16-13-8-5-4-7-11(13)15-12/h2,4-5,7-8,10,12H,1,3,6,9,14H2. The zero-order valence-electron chi connectivity index (χ0n) is 9.26. The molecular weight excluding hydrogens is 218 g/mol. The molecule has 1 aliphatic rings. The lowest BCUT2D eigenvalue weighted by Crippen LogP contribution is -2.42. The van der Waals surface area contributed by atoms with Gasteiger partial charge in [-0.25, -0.2) is 0 Å². The Bertz CT molecular complexity index is 367. The van der Waals surface area contributed by atoms with Crippen molar-refractivity contribution in [1.82, 2.24) is 0 Å². The third kappa shape index (κ3) is 2.60. The molecule has 1 aromatic rings. The lowest BCUT2D eigenvalue weighted by atomic mass is 10.1. The normalized spacial score (nSPS) is 20.7. The lowest BCUT2D eigenvalue weighted by molar-refractivity contribution is 0.180. The van der Waals surface area contributed by atoms with Gasteiger partial charge in [0.2, 0.25) is 0 Å². The zero-order chi connectivity index (χ0) is 11.4. The molecule has 0 saturated carbocycles. The molecule has 2 atom stereocenters. The van der Waals surface area contributed by atoms with E-state index in [1.165, 1.54) is 4.90 Å². The summed E-state index contributed by atoms with van der Waals surface area (Å²) in [6, 6.07) is 8.23. The SMILES string of the molecule is C=CCCC(N)C1CSc2ccccc2O1. The average Bonchev–Trinajstić information content (AvgIpc) is 2.35. The molecule has 0 amide bonds. The minimum absolute atomic E-state index is 0.0962. The van der Waals surface area contributed by atoms with Crippen LogP contribution in [0.1, 0.15) is 12.8 Å². The molecule has 16 heavy (non-hydrogen) atoms. The van der Waals surface area contributed by atoms with Gasteiger partial charge in [-0.15, -0.1) is 18.3 Å². The highest BCUT2D eigenvalue weighted by Crippen LogP contribution is 2.35. The van der Waals surface area contributed by atoms with Gasteiger partial charge in [0.05, 0.1) is 0 Å². The van der Waals surface area contributed by atoms with E-state index in [0.717, 1.165) is 24.3 Å². The summed E-state index contributed by atoms with van der Waals surface area (Å²) < 4.78 is 5.91. The van der Waals surface area contributed by atoms with E-state index in [9.17, 15) is 0 Å². The summed E-state index contributed by atoms with van der Waals surface area (Å²) in [5, 5.41) is 0. The van der Waals surface area contributed by atoms with Crippen molar-refractivity contribution in [2.24, 2.45) is 5.73 Å². The van der Waals surface area contributed by atoms with E-state index in [1.807, 2.05) is 36.0 Å². The van der Waals surface area contributed by atoms with Gasteiger partial charge in [0.25, 0.3) is 0 Å². The molecule has 2 rings (SSSR count). The minimum Gasteiger partial charge on any atom is -0.487 e. The Morgan fingerprint density at radius 3 is 3.19 bits per heavy atom. The second-order valence-electron chi connectivity index (χ2n) is 3.94. The largest absolute Gasteiger partial charge is 0.487 e. The second kappa shape index (κ2) is 5.41. The fourth-order valence-corrected chi connectivity index (χ4v) is 2.84. The molecule has 1 heterocycles. The molecular formula is C13H17NOS. The molecule has 86 valence electrons. The highest BCUT2D eigenvalue weighted by atomic mass is 32.2. The van der Waals surface area contributed by atoms with Crippen molar-refractivity contribution >= 4 is 11.8 Å². The second-order valence-corrected chi connectivity index (χ2v) is 5.01. The average molecular weight is 235 g/mol. The Morgan fingerprint density at radius 1 is 1.56 bits per heavy atom. The van der Waals surface area contributed by atoms with Crippen LogP contribution >= 0.6 is 11.8 Å². The van der Waals surface area contributed by atoms with Crippen LogP contribution in [-0.2, 0) is 0 Å². The number of rotatable bonds is 4. The van der Waals surface area contributed by atoms with Crippen molar-refractivity contribution in [3.05, 3.63) is 36.9 Å². The Labute approximate surface area is 101 Å². The van der Waals surface area contributed by atoms with Crippen molar-refractivity contribution < 1.29 is 4.74 Å². The van der Waals surface area contributed by atoms with Crippen LogP contribution in [0.5, 0.6) is 5.75 Å². The number of thioether (sulfide) groups is 1. The van der Waals surface area contributed by atoms with Gasteiger partial charge in [0.1, 0.15) is 11.9 Å². The zero-order valence-corrected chi connectivity index (χ0v) is 10.1. The summed E-state index contributed by atoms with van der Waals surface area (Å²) in [6.07, 6.45) is 3.92. The molecule has 0 spiro atoms. The topological polar surface area (TPSA) is 35.2 Å². The molecule has 0 saturated heterocycles. The molecule has 0 bridgehead atoms. The lowest BCUT2D eigenvalue weighted by Gasteiger charge is -2.29. The van der Waals surface area contributed by atoms with Gasteiger partial charge in [-0.2, -0.15) is 0 Å². The van der Waals surface area contributed by atoms with Crippen LogP contribution in [0.25, 0.3) is 0 Å². The molecule has 1 aromatic carbocycles. The maximum absolute atomic E-state index is 6.11. The summed E-state index contributed by atoms with van der Waals surface area (Å²) >= 11 is 1.83. The highest BCUT2D eigenvalue weighted by molar-refractivity contribution is 7.99. The first-order valence-corrected chi connectivity index (χ1v) is 6.55. The van der Waals surface area contributed by atoms with Crippen LogP contribution in [-0.4, -0.2) is 17.9 Å². The first kappa shape index (κ1) is 11.6. The Hall–Kier alpha value is -0.930. The van der Waals surface area contributed by atoms with Crippen molar-refractivity contribution in [2.45, 2.75) is 29.9 Å². The molecule has 1 aliphatic heterocycles. The molecule has 3 heteroatoms. The first-order valence-electron chi connectivity index (χ1n) is 5.56. The van der Waals surface area contributed by atoms with Crippen LogP contribution in [0.2, 0.25) is 0 Å². The molecule has 2 N–H and O–H groups in total. The molecule has 0 aliphatic carbocycles. The quantitative estimate of drug-likeness (QED) is 0.815. The number of hydrogen-bond acceptors (Lipinski definition) is 3. The minimum atomic E-state index is 0.0962. The number of ether oxygens (including phenoxy) is 1. The number of nitrogens with two attached hydrogens (primary N) is 1. The number of fused-ring (bicyclic) bond motifs is 1. The van der Waals surface area contributed by atoms with E-state index >= 15 is 0 Å². The van der Waals surface area contributed by atoms with E-state index in [4.69, 9.17) is 10.5 Å². The van der Waals surface area contributed by atoms with Crippen LogP contribution < -0.4 is 10.5 Å². The maximum atomic E-state index is 6.11. The van der Waals surface area contributed by atoms with Gasteiger partial charge >= 0.3 is 0 Å². The predicted molar refractivity (Wildman–Crippen MR) is 69.0 cm³/mol. The summed E-state index contributed by atoms with van der Waals surface area (Å²) in [7, 11) is 0. The van der Waals surface area contributed by atoms with Gasteiger partial charge in [-0.3, -0.25) is 0 Å². The van der Waals surface area contributed by atoms with Gasteiger partial charge < -0.3 is 10.5 Å². The Balaban J connectivity index is 1.99. The molecule has 0 fully saturated rings. The molecule has 2 nitrogen and oxygen atoms in total. The van der Waals surface area contributed by atoms with Crippen molar-refractivity contribution in [3.63, 3.8) is 0 Å². The predicted octanol–water partition coefficient (Wildman–Crippen LogP) is 2.83. The third-order valence-corrected chi connectivity index (χ3v) is 3.86. The van der Waals surface area contributed by atoms with Gasteiger partial charge in [0.15, 0.2) is 0 Å². The Morgan fingerprint density at radius 2 is 2.38 bits per heavy atom. The van der Waals surface area contributed by atoms with Crippen LogP contribution in [0.4, 0.5) is 0 Å². The number of benzene rings is 1. The summed E-state index contributed by atoms with van der Waals surface area (Å²) in [6.45, 7) is 3.71. The molecule has 0 aromatic heterocycles. The maximum Gasteiger partial charge on any atom is 0.133 e. The van der Waals surface area contributed by atoms with Gasteiger partial charge in [-0.1, -0.05) is 18.2 Å². The van der Waals surface area contributed by atoms with Crippen LogP contribution in [0, 0.1) is 0 Å². The van der Waals surface area contributed by atoms with Gasteiger partial charge in [-0.05, 0) is 25.0 Å². The Kier molecular flexibility index (Phi) is 3.91. The third-order valence-electron chi connectivity index (χ3n) is 2.71. The monoisotopic (exact) mass is 235 g/mol. The number of para-hydroxylation sites is 1. The fraction of sp³-hybridized carbons (Fsp3) is 0.385. The highest BCUT2D eigenvalue weighted by Gasteiger charge is 2.24. The fourth-order valence-electron chi connectivity index (χ4n) is 1.74. The van der Waals surface area contributed by atoms with Crippen LogP contribution in [0.3, 0.4) is 0 Å². The molecule has 0 radical (unpaired) electrons. The van der Waals surface area contributed by atoms with Crippen molar-refractivity contribution in [3.8, 4) is 5.75 Å². The number of hydrogen-bond donors (Lipinski definition) is 1. The van der Waals surface area contributed by atoms with E-state index in [0.29, 0.717) is 0 Å². The van der Waals surface area contributed by atoms with Crippen LogP contribution in [0.15, 0.2) is 41.8 Å². The summed E-state index contributed by atoms with van der Waals surface area (Å²) in [5.41, 5.74) is 6.11. The van der Waals surface area contributed by atoms with E-state index < -0.39 is 0 Å². The van der Waals surface area contributed by atoms with Crippen molar-refractivity contribution in [2.75, 3.05) is 5.75 Å². The summed E-state index contributed by atoms with van der Waals surface area (Å²) in [4.78, 5) is 1.22. The van der Waals surface area contributed by atoms with Gasteiger partial charge in [0, 0.05) is 16.7 Å².